The van der Waals surface area contributed by atoms with Gasteiger partial charge in [-0.05, 0) is 214 Å². The number of piperidine rings is 1. The molecule has 0 bridgehead atoms. The second-order valence-corrected chi connectivity index (χ2v) is 42.6. The number of primary amides is 1. The van der Waals surface area contributed by atoms with Crippen molar-refractivity contribution in [3.8, 4) is 5.75 Å². The van der Waals surface area contributed by atoms with Gasteiger partial charge in [0, 0.05) is 56.3 Å². The number of carbonyl (C=O) groups excluding carboxylic acids is 12. The zero-order chi connectivity index (χ0) is 92.8. The molecule has 3 aromatic rings. The average molecular weight is 1830 g/mol. The van der Waals surface area contributed by atoms with Crippen molar-refractivity contribution in [3.63, 3.8) is 0 Å². The summed E-state index contributed by atoms with van der Waals surface area (Å²) in [7, 11) is 3.98. The molecule has 15 N–H and O–H groups in total. The molecule has 31 heteroatoms. The van der Waals surface area contributed by atoms with Gasteiger partial charge in [0.05, 0.1) is 38.2 Å². The van der Waals surface area contributed by atoms with Crippen LogP contribution in [0.4, 0.5) is 4.79 Å². The summed E-state index contributed by atoms with van der Waals surface area (Å²) < 4.78 is 6.21. The van der Waals surface area contributed by atoms with E-state index in [0.717, 1.165) is 88.8 Å². The number of hydrogen-bond acceptors (Lipinski definition) is 18. The number of likely N-dealkylation sites (tertiary alicyclic amines) is 3. The molecule has 7 fully saturated rings. The number of aliphatic hydroxyl groups excluding tert-OH is 1. The number of alkyl carbamates (subject to hydrolysis) is 1. The third-order valence-corrected chi connectivity index (χ3v) is 32.7. The number of benzene rings is 3. The SMILES string of the molecule is CC(C)CCCC(C)C1CCC2C3CC=C4CC(OC(=O)NCCCCC5NC(=O)C(CC6=CNC7C=CC=CC67)NC(=O)C(Cc6ccc(O)cc6)NC(=O)C(NC(=O)C(Cc6ccc7ccccc7c6)NC(=O)C6CCCN6C(=O)C6CCCN6C(=O)C6CCC[NH+](C)C6)CSSCC(C(=O)NC(C(N)=O)C(C)O)NC(=O)C(C(C)C)NC5=O)CCC4(C)C3CCC12C. The molecule has 0 spiro atoms. The van der Waals surface area contributed by atoms with Crippen molar-refractivity contribution < 1.29 is 77.4 Å². The lowest BCUT2D eigenvalue weighted by Gasteiger charge is -2.58. The first-order valence-corrected chi connectivity index (χ1v) is 50.5. The molecule has 23 atom stereocenters. The van der Waals surface area contributed by atoms with Gasteiger partial charge >= 0.3 is 6.09 Å². The van der Waals surface area contributed by atoms with E-state index in [-0.39, 0.29) is 110 Å². The molecule has 12 amide bonds. The Balaban J connectivity index is 0.757. The molecule has 29 nitrogen and oxygen atoms in total. The summed E-state index contributed by atoms with van der Waals surface area (Å²) in [5.74, 6) is -6.06. The Morgan fingerprint density at radius 2 is 1.37 bits per heavy atom. The number of rotatable bonds is 28. The highest BCUT2D eigenvalue weighted by Crippen LogP contribution is 2.67. The van der Waals surface area contributed by atoms with Crippen LogP contribution in [0.25, 0.3) is 10.8 Å². The van der Waals surface area contributed by atoms with Crippen molar-refractivity contribution >= 4 is 103 Å². The van der Waals surface area contributed by atoms with E-state index in [4.69, 9.17) is 10.5 Å². The van der Waals surface area contributed by atoms with E-state index in [9.17, 15) is 34.2 Å². The van der Waals surface area contributed by atoms with Gasteiger partial charge in [-0.2, -0.15) is 0 Å². The highest BCUT2D eigenvalue weighted by atomic mass is 33.1. The standard InChI is InChI=1S/C99H140N14O15S2/c1-57(2)20-16-21-59(5)72-38-39-73-71-37-34-67-52-69(40-42-98(67,7)74(71)41-43-99(72,73)8)128-97(127)101-44-15-14-27-76-87(117)109-84(58(3)4)94(124)108-81(92(122)110-85(60(6)114)86(100)116)56-130-129-55-80(91(121)104-77(49-61-31-35-68(115)36-32-61)88(118)105-79(90(120)103-76)51-66-53-102-75-26-13-12-25-70(66)75)107-89(119)78(50-62-30-33-63-22-10-11-23-64(63)48-62)106-93(123)82-28-18-46-112(82)96(126)83-29-19-47-113(83)95(125)65-24-17-45-111(9)54-65/h10-13,22-23,25-26,30-36,48,53,57-60,65,69-85,102,114-115H,14-21,24,27-29,37-47,49-52,54-56H2,1-9H3,(H2,100,116)(H,101,127)(H,103,120)(H,104,121)(H,105,118)(H,106,123)(H,107,119)(H,108,124)(H,109,117)(H,110,122)/p+1. The molecule has 3 saturated carbocycles. The van der Waals surface area contributed by atoms with Gasteiger partial charge in [-0.1, -0.05) is 180 Å². The molecule has 130 heavy (non-hydrogen) atoms. The lowest BCUT2D eigenvalue weighted by Crippen LogP contribution is -3.10. The van der Waals surface area contributed by atoms with Crippen LogP contribution in [-0.2, 0) is 70.3 Å². The van der Waals surface area contributed by atoms with Gasteiger partial charge in [-0.3, -0.25) is 52.7 Å². The fourth-order valence-corrected chi connectivity index (χ4v) is 25.3. The van der Waals surface area contributed by atoms with E-state index in [2.05, 4.69) is 101 Å². The van der Waals surface area contributed by atoms with E-state index in [1.54, 1.807) is 37.1 Å². The number of amides is 12. The number of hydrogen-bond donors (Lipinski definition) is 14. The fraction of sp³-hybridized carbons (Fsp3) is 0.636. The van der Waals surface area contributed by atoms with Gasteiger partial charge in [-0.25, -0.2) is 4.79 Å². The molecular weight excluding hydrogens is 1690 g/mol. The van der Waals surface area contributed by atoms with Crippen molar-refractivity contribution in [1.82, 2.24) is 63.0 Å². The highest BCUT2D eigenvalue weighted by Gasteiger charge is 2.60. The van der Waals surface area contributed by atoms with Crippen molar-refractivity contribution in [1.29, 1.82) is 0 Å². The van der Waals surface area contributed by atoms with Crippen LogP contribution in [-0.4, -0.2) is 221 Å². The number of nitrogens with two attached hydrogens (primary N) is 1. The van der Waals surface area contributed by atoms with E-state index >= 15 is 33.6 Å². The smallest absolute Gasteiger partial charge is 0.407 e. The molecule has 13 rings (SSSR count). The minimum atomic E-state index is -1.64. The van der Waals surface area contributed by atoms with Gasteiger partial charge in [-0.15, -0.1) is 0 Å². The predicted molar refractivity (Wildman–Crippen MR) is 501 cm³/mol. The maximum atomic E-state index is 15.8. The van der Waals surface area contributed by atoms with Crippen LogP contribution in [0.2, 0.25) is 0 Å². The van der Waals surface area contributed by atoms with Crippen LogP contribution in [0.15, 0.2) is 114 Å². The first-order valence-electron chi connectivity index (χ1n) is 48.0. The molecule has 0 radical (unpaired) electrons. The summed E-state index contributed by atoms with van der Waals surface area (Å²) in [5.41, 5.74) is 9.28. The summed E-state index contributed by atoms with van der Waals surface area (Å²) >= 11 is 0. The third kappa shape index (κ3) is 23.9. The molecule has 3 aromatic carbocycles. The Hall–Kier alpha value is -9.46. The maximum absolute atomic E-state index is 15.8. The number of fused-ring (bicyclic) bond motifs is 7. The molecule has 0 aromatic heterocycles. The van der Waals surface area contributed by atoms with Crippen molar-refractivity contribution in [2.24, 2.45) is 69.8 Å². The normalized spacial score (nSPS) is 31.2. The second kappa shape index (κ2) is 44.4. The topological polar surface area (TPSA) is 412 Å². The summed E-state index contributed by atoms with van der Waals surface area (Å²) in [4.78, 5) is 183. The first-order chi connectivity index (χ1) is 62.2. The number of phenols is 1. The summed E-state index contributed by atoms with van der Waals surface area (Å²) in [6.45, 7) is 19.2. The van der Waals surface area contributed by atoms with Crippen LogP contribution >= 0.6 is 21.6 Å². The Labute approximate surface area is 773 Å². The van der Waals surface area contributed by atoms with Crippen molar-refractivity contribution in [2.45, 2.75) is 282 Å². The highest BCUT2D eigenvalue weighted by molar-refractivity contribution is 8.76. The minimum absolute atomic E-state index is 0.0448. The fourth-order valence-electron chi connectivity index (χ4n) is 23.0. The zero-order valence-corrected chi connectivity index (χ0v) is 78.9. The minimum Gasteiger partial charge on any atom is -0.508 e. The second-order valence-electron chi connectivity index (χ2n) is 40.1. The van der Waals surface area contributed by atoms with E-state index in [0.29, 0.717) is 85.1 Å². The molecule has 23 unspecified atom stereocenters. The molecule has 5 aliphatic carbocycles. The number of nitrogens with zero attached hydrogens (tertiary/aromatic N) is 2. The van der Waals surface area contributed by atoms with Crippen molar-refractivity contribution in [3.05, 3.63) is 126 Å². The number of unbranched alkanes of at least 4 members (excludes halogenated alkanes) is 1. The Kier molecular flexibility index (Phi) is 33.5. The van der Waals surface area contributed by atoms with Crippen LogP contribution in [0.3, 0.4) is 0 Å². The van der Waals surface area contributed by atoms with Gasteiger partial charge in [0.25, 0.3) is 0 Å². The first kappa shape index (κ1) is 98.1. The number of aromatic hydroxyl groups is 1. The summed E-state index contributed by atoms with van der Waals surface area (Å²) in [6.07, 6.45) is 25.3. The molecule has 5 heterocycles. The van der Waals surface area contributed by atoms with Gasteiger partial charge < -0.3 is 88.6 Å². The molecular formula is C99H141N14O15S2+. The van der Waals surface area contributed by atoms with Crippen LogP contribution in [0.1, 0.15) is 201 Å². The lowest BCUT2D eigenvalue weighted by molar-refractivity contribution is -0.887. The average Bonchev–Trinajstić information content (AvgIpc) is 1.46. The maximum Gasteiger partial charge on any atom is 0.407 e. The van der Waals surface area contributed by atoms with Crippen LogP contribution in [0.5, 0.6) is 5.75 Å². The molecule has 10 aliphatic rings. The van der Waals surface area contributed by atoms with Gasteiger partial charge in [0.2, 0.25) is 65.0 Å². The number of quaternary nitrogens is 1. The number of allylic oxidation sites excluding steroid dienone is 3. The van der Waals surface area contributed by atoms with E-state index in [1.807, 2.05) is 66.8 Å². The van der Waals surface area contributed by atoms with Gasteiger partial charge in [0.15, 0.2) is 0 Å². The number of phenolic OH excluding ortho intramolecular Hbond substituents is 1. The van der Waals surface area contributed by atoms with Crippen LogP contribution < -0.4 is 63.8 Å². The van der Waals surface area contributed by atoms with Gasteiger partial charge in [0.1, 0.15) is 72.3 Å². The summed E-state index contributed by atoms with van der Waals surface area (Å²) in [6, 6.07) is 4.95. The number of aliphatic hydroxyl groups is 1. The third-order valence-electron chi connectivity index (χ3n) is 30.3. The monoisotopic (exact) mass is 1830 g/mol. The van der Waals surface area contributed by atoms with Crippen LogP contribution in [0, 0.1) is 64.1 Å². The van der Waals surface area contributed by atoms with Crippen molar-refractivity contribution in [2.75, 3.05) is 51.3 Å². The van der Waals surface area contributed by atoms with E-state index in [1.165, 1.54) is 79.4 Å². The molecule has 4 saturated heterocycles. The Morgan fingerprint density at radius 1 is 0.677 bits per heavy atom. The number of nitrogens with one attached hydrogen (secondary N) is 11. The zero-order valence-electron chi connectivity index (χ0n) is 77.2. The largest absolute Gasteiger partial charge is 0.508 e. The predicted octanol–water partition coefficient (Wildman–Crippen LogP) is 7.33. The summed E-state index contributed by atoms with van der Waals surface area (Å²) in [5, 5.41) is 52.0. The lowest BCUT2D eigenvalue weighted by atomic mass is 9.47. The van der Waals surface area contributed by atoms with E-state index < -0.39 is 132 Å². The Morgan fingerprint density at radius 3 is 2.10 bits per heavy atom. The molecule has 708 valence electrons. The molecule has 5 aliphatic heterocycles. The number of ether oxygens (including phenoxy) is 1. The Bertz CT molecular complexity index is 4720. The quantitative estimate of drug-likeness (QED) is 0.0192. The number of carbonyl (C=O) groups is 12.